The van der Waals surface area contributed by atoms with Crippen LogP contribution in [0.25, 0.3) is 0 Å². The second kappa shape index (κ2) is 7.09. The Kier molecular flexibility index (Phi) is 5.43. The Labute approximate surface area is 126 Å². The lowest BCUT2D eigenvalue weighted by Gasteiger charge is -2.18. The second-order valence-corrected chi connectivity index (χ2v) is 6.19. The van der Waals surface area contributed by atoms with E-state index in [0.717, 1.165) is 24.0 Å². The van der Waals surface area contributed by atoms with E-state index in [9.17, 15) is 0 Å². The summed E-state index contributed by atoms with van der Waals surface area (Å²) in [5.41, 5.74) is 0.770. The maximum absolute atomic E-state index is 6.04. The lowest BCUT2D eigenvalue weighted by molar-refractivity contribution is 0.289. The minimum Gasteiger partial charge on any atom is -0.383 e. The van der Waals surface area contributed by atoms with Crippen LogP contribution in [0.4, 0.5) is 11.5 Å². The summed E-state index contributed by atoms with van der Waals surface area (Å²) in [7, 11) is 1.83. The topological polar surface area (TPSA) is 53.1 Å². The quantitative estimate of drug-likeness (QED) is 0.791. The highest BCUT2D eigenvalue weighted by molar-refractivity contribution is 6.32. The standard InChI is InChI=1S/C14H24ClN5/c1-10(2)7-20-5-4-11(8-20)6-17-14-12(16-3)13(15)18-9-19-14/h9-11,16H,4-8H2,1-3H3,(H,17,18,19). The zero-order valence-corrected chi connectivity index (χ0v) is 13.2. The van der Waals surface area contributed by atoms with Gasteiger partial charge in [-0.05, 0) is 24.8 Å². The summed E-state index contributed by atoms with van der Waals surface area (Å²) in [5.74, 6) is 2.19. The van der Waals surface area contributed by atoms with E-state index in [1.807, 2.05) is 7.05 Å². The summed E-state index contributed by atoms with van der Waals surface area (Å²) in [6, 6.07) is 0. The molecule has 0 spiro atoms. The first-order chi connectivity index (χ1) is 9.60. The highest BCUT2D eigenvalue weighted by Crippen LogP contribution is 2.26. The zero-order valence-electron chi connectivity index (χ0n) is 12.5. The Bertz CT molecular complexity index is 438. The lowest BCUT2D eigenvalue weighted by atomic mass is 10.1. The van der Waals surface area contributed by atoms with Crippen molar-refractivity contribution >= 4 is 23.1 Å². The van der Waals surface area contributed by atoms with E-state index in [-0.39, 0.29) is 0 Å². The molecule has 1 atom stereocenters. The monoisotopic (exact) mass is 297 g/mol. The van der Waals surface area contributed by atoms with Crippen molar-refractivity contribution in [3.63, 3.8) is 0 Å². The van der Waals surface area contributed by atoms with Crippen molar-refractivity contribution < 1.29 is 0 Å². The number of hydrogen-bond acceptors (Lipinski definition) is 5. The maximum Gasteiger partial charge on any atom is 0.157 e. The van der Waals surface area contributed by atoms with Crippen LogP contribution in [0.15, 0.2) is 6.33 Å². The van der Waals surface area contributed by atoms with E-state index in [4.69, 9.17) is 11.6 Å². The number of aromatic nitrogens is 2. The Morgan fingerprint density at radius 2 is 2.25 bits per heavy atom. The van der Waals surface area contributed by atoms with Gasteiger partial charge in [0, 0.05) is 26.7 Å². The third kappa shape index (κ3) is 3.96. The van der Waals surface area contributed by atoms with Crippen molar-refractivity contribution in [3.05, 3.63) is 11.5 Å². The molecule has 1 aliphatic heterocycles. The predicted molar refractivity (Wildman–Crippen MR) is 84.5 cm³/mol. The minimum absolute atomic E-state index is 0.456. The molecule has 2 heterocycles. The largest absolute Gasteiger partial charge is 0.383 e. The Morgan fingerprint density at radius 1 is 1.45 bits per heavy atom. The van der Waals surface area contributed by atoms with E-state index in [1.165, 1.54) is 32.4 Å². The maximum atomic E-state index is 6.04. The molecule has 112 valence electrons. The van der Waals surface area contributed by atoms with Gasteiger partial charge in [0.05, 0.1) is 0 Å². The first kappa shape index (κ1) is 15.3. The first-order valence-electron chi connectivity index (χ1n) is 7.24. The summed E-state index contributed by atoms with van der Waals surface area (Å²) in [6.07, 6.45) is 2.73. The number of likely N-dealkylation sites (tertiary alicyclic amines) is 1. The molecule has 0 bridgehead atoms. The summed E-state index contributed by atoms with van der Waals surface area (Å²) in [4.78, 5) is 10.8. The van der Waals surface area contributed by atoms with Crippen LogP contribution >= 0.6 is 11.6 Å². The number of nitrogens with zero attached hydrogens (tertiary/aromatic N) is 3. The number of rotatable bonds is 6. The van der Waals surface area contributed by atoms with Gasteiger partial charge in [0.1, 0.15) is 12.0 Å². The van der Waals surface area contributed by atoms with E-state index >= 15 is 0 Å². The fraction of sp³-hybridized carbons (Fsp3) is 0.714. The molecule has 1 aliphatic rings. The van der Waals surface area contributed by atoms with Crippen molar-refractivity contribution in [1.29, 1.82) is 0 Å². The van der Waals surface area contributed by atoms with E-state index in [2.05, 4.69) is 39.3 Å². The Hall–Kier alpha value is -1.07. The number of anilines is 2. The zero-order chi connectivity index (χ0) is 14.5. The van der Waals surface area contributed by atoms with Crippen LogP contribution in [0.3, 0.4) is 0 Å². The number of nitrogens with one attached hydrogen (secondary N) is 2. The second-order valence-electron chi connectivity index (χ2n) is 5.83. The molecular weight excluding hydrogens is 274 g/mol. The van der Waals surface area contributed by atoms with E-state index in [0.29, 0.717) is 11.1 Å². The molecule has 6 heteroatoms. The first-order valence-corrected chi connectivity index (χ1v) is 7.62. The van der Waals surface area contributed by atoms with Crippen LogP contribution in [-0.4, -0.2) is 48.1 Å². The smallest absolute Gasteiger partial charge is 0.157 e. The summed E-state index contributed by atoms with van der Waals surface area (Å²) >= 11 is 6.04. The van der Waals surface area contributed by atoms with Crippen LogP contribution in [0, 0.1) is 11.8 Å². The molecule has 0 amide bonds. The van der Waals surface area contributed by atoms with E-state index < -0.39 is 0 Å². The SMILES string of the molecule is CNc1c(Cl)ncnc1NCC1CCN(CC(C)C)C1. The van der Waals surface area contributed by atoms with Gasteiger partial charge in [-0.25, -0.2) is 9.97 Å². The van der Waals surface area contributed by atoms with Gasteiger partial charge < -0.3 is 15.5 Å². The van der Waals surface area contributed by atoms with Gasteiger partial charge in [0.25, 0.3) is 0 Å². The number of halogens is 1. The van der Waals surface area contributed by atoms with Crippen molar-refractivity contribution in [2.45, 2.75) is 20.3 Å². The van der Waals surface area contributed by atoms with Crippen molar-refractivity contribution in [2.24, 2.45) is 11.8 Å². The summed E-state index contributed by atoms with van der Waals surface area (Å²) < 4.78 is 0. The third-order valence-corrected chi connectivity index (χ3v) is 3.89. The van der Waals surface area contributed by atoms with Gasteiger partial charge in [-0.2, -0.15) is 0 Å². The Morgan fingerprint density at radius 3 is 2.95 bits per heavy atom. The van der Waals surface area contributed by atoms with Crippen LogP contribution < -0.4 is 10.6 Å². The molecule has 20 heavy (non-hydrogen) atoms. The highest BCUT2D eigenvalue weighted by atomic mass is 35.5. The fourth-order valence-electron chi connectivity index (χ4n) is 2.72. The van der Waals surface area contributed by atoms with Gasteiger partial charge >= 0.3 is 0 Å². The molecule has 0 aromatic carbocycles. The van der Waals surface area contributed by atoms with Gasteiger partial charge in [-0.3, -0.25) is 0 Å². The molecule has 1 saturated heterocycles. The molecule has 1 unspecified atom stereocenters. The van der Waals surface area contributed by atoms with Gasteiger partial charge in [-0.1, -0.05) is 25.4 Å². The Balaban J connectivity index is 1.86. The molecule has 1 aromatic heterocycles. The predicted octanol–water partition coefficient (Wildman–Crippen LogP) is 2.56. The van der Waals surface area contributed by atoms with Gasteiger partial charge in [-0.15, -0.1) is 0 Å². The molecule has 1 fully saturated rings. The fourth-order valence-corrected chi connectivity index (χ4v) is 2.95. The molecule has 0 saturated carbocycles. The van der Waals surface area contributed by atoms with Crippen LogP contribution in [0.1, 0.15) is 20.3 Å². The van der Waals surface area contributed by atoms with Gasteiger partial charge in [0.2, 0.25) is 0 Å². The molecule has 0 aliphatic carbocycles. The van der Waals surface area contributed by atoms with Crippen LogP contribution in [0.5, 0.6) is 0 Å². The molecule has 1 aromatic rings. The van der Waals surface area contributed by atoms with Gasteiger partial charge in [0.15, 0.2) is 11.0 Å². The number of hydrogen-bond donors (Lipinski definition) is 2. The van der Waals surface area contributed by atoms with Crippen molar-refractivity contribution in [2.75, 3.05) is 43.9 Å². The molecule has 5 nitrogen and oxygen atoms in total. The van der Waals surface area contributed by atoms with Crippen molar-refractivity contribution in [1.82, 2.24) is 14.9 Å². The van der Waals surface area contributed by atoms with Crippen LogP contribution in [0.2, 0.25) is 5.15 Å². The molecular formula is C14H24ClN5. The molecule has 2 N–H and O–H groups in total. The minimum atomic E-state index is 0.456. The normalized spacial score (nSPS) is 19.6. The third-order valence-electron chi connectivity index (χ3n) is 3.60. The average Bonchev–Trinajstić information content (AvgIpc) is 2.83. The van der Waals surface area contributed by atoms with E-state index in [1.54, 1.807) is 0 Å². The van der Waals surface area contributed by atoms with Crippen molar-refractivity contribution in [3.8, 4) is 0 Å². The lowest BCUT2D eigenvalue weighted by Crippen LogP contribution is -2.26. The summed E-state index contributed by atoms with van der Waals surface area (Å²) in [5, 5.41) is 6.90. The highest BCUT2D eigenvalue weighted by Gasteiger charge is 2.23. The molecule has 0 radical (unpaired) electrons. The average molecular weight is 298 g/mol. The molecule has 2 rings (SSSR count). The summed E-state index contributed by atoms with van der Waals surface area (Å²) in [6.45, 7) is 9.03. The van der Waals surface area contributed by atoms with Crippen LogP contribution in [-0.2, 0) is 0 Å².